The van der Waals surface area contributed by atoms with Crippen LogP contribution in [-0.2, 0) is 10.0 Å². The van der Waals surface area contributed by atoms with Crippen molar-refractivity contribution in [2.75, 3.05) is 5.32 Å². The van der Waals surface area contributed by atoms with Gasteiger partial charge in [0.2, 0.25) is 10.0 Å². The van der Waals surface area contributed by atoms with Crippen molar-refractivity contribution in [3.8, 4) is 0 Å². The van der Waals surface area contributed by atoms with Crippen LogP contribution in [0.5, 0.6) is 0 Å². The van der Waals surface area contributed by atoms with Crippen molar-refractivity contribution in [2.45, 2.75) is 36.4 Å². The predicted octanol–water partition coefficient (Wildman–Crippen LogP) is 2.43. The molecule has 0 bridgehead atoms. The van der Waals surface area contributed by atoms with Crippen LogP contribution in [0.1, 0.15) is 13.8 Å². The molecule has 1 aromatic carbocycles. The van der Waals surface area contributed by atoms with Gasteiger partial charge in [-0.15, -0.1) is 0 Å². The van der Waals surface area contributed by atoms with Crippen LogP contribution in [0, 0.1) is 0 Å². The number of carbonyl (C=O) groups is 1. The van der Waals surface area contributed by atoms with Crippen LogP contribution in [-0.4, -0.2) is 32.1 Å². The highest BCUT2D eigenvalue weighted by Crippen LogP contribution is 2.41. The molecule has 12 heteroatoms. The Morgan fingerprint density at radius 2 is 1.58 bits per heavy atom. The normalized spacial score (nSPS) is 15.5. The zero-order valence-corrected chi connectivity index (χ0v) is 13.2. The minimum Gasteiger partial charge on any atom is -0.319 e. The van der Waals surface area contributed by atoms with E-state index >= 15 is 0 Å². The number of nitrogens with two attached hydrogens (primary N) is 1. The summed E-state index contributed by atoms with van der Waals surface area (Å²) in [5, 5.41) is 7.81. The van der Waals surface area contributed by atoms with Gasteiger partial charge in [0.05, 0.1) is 5.69 Å². The van der Waals surface area contributed by atoms with Crippen molar-refractivity contribution in [3.63, 3.8) is 0 Å². The Morgan fingerprint density at radius 1 is 1.08 bits per heavy atom. The summed E-state index contributed by atoms with van der Waals surface area (Å²) in [5.74, 6) is -4.35. The second-order valence-electron chi connectivity index (χ2n) is 5.13. The number of benzene rings is 1. The molecule has 0 aliphatic rings. The van der Waals surface area contributed by atoms with Gasteiger partial charge >= 0.3 is 12.2 Å². The van der Waals surface area contributed by atoms with E-state index in [2.05, 4.69) is 0 Å². The summed E-state index contributed by atoms with van der Waals surface area (Å²) in [7, 11) is -4.29. The van der Waals surface area contributed by atoms with Crippen molar-refractivity contribution >= 4 is 21.7 Å². The topological polar surface area (TPSA) is 101 Å². The minimum absolute atomic E-state index is 0.000934. The fourth-order valence-electron chi connectivity index (χ4n) is 1.63. The number of alkyl halides is 5. The van der Waals surface area contributed by atoms with Gasteiger partial charge in [-0.1, -0.05) is 12.1 Å². The van der Waals surface area contributed by atoms with Crippen molar-refractivity contribution < 1.29 is 35.2 Å². The maximum Gasteiger partial charge on any atom is 0.417 e. The Kier molecular flexibility index (Phi) is 5.16. The lowest BCUT2D eigenvalue weighted by Gasteiger charge is -2.37. The van der Waals surface area contributed by atoms with Gasteiger partial charge in [-0.05, 0) is 19.1 Å². The SMILES string of the molecule is CC(F)(F)C(C)(NC(=O)Nc1ccccc1S(N)(=O)=O)C(F)(F)F. The summed E-state index contributed by atoms with van der Waals surface area (Å²) in [6, 6.07) is 2.87. The maximum absolute atomic E-state index is 13.4. The second-order valence-corrected chi connectivity index (χ2v) is 6.66. The summed E-state index contributed by atoms with van der Waals surface area (Å²) in [6.45, 7) is 0.108. The molecule has 0 saturated heterocycles. The number of amides is 2. The third kappa shape index (κ3) is 4.12. The number of urea groups is 1. The lowest BCUT2D eigenvalue weighted by atomic mass is 9.94. The first kappa shape index (κ1) is 20.1. The van der Waals surface area contributed by atoms with Crippen molar-refractivity contribution in [3.05, 3.63) is 24.3 Å². The van der Waals surface area contributed by atoms with E-state index in [9.17, 15) is 35.2 Å². The summed E-state index contributed by atoms with van der Waals surface area (Å²) in [4.78, 5) is 11.1. The van der Waals surface area contributed by atoms with Crippen LogP contribution in [0.15, 0.2) is 29.2 Å². The largest absolute Gasteiger partial charge is 0.417 e. The van der Waals surface area contributed by atoms with Crippen LogP contribution < -0.4 is 15.8 Å². The van der Waals surface area contributed by atoms with E-state index in [0.29, 0.717) is 0 Å². The van der Waals surface area contributed by atoms with Crippen molar-refractivity contribution in [2.24, 2.45) is 5.14 Å². The number of carbonyl (C=O) groups excluding carboxylic acids is 1. The summed E-state index contributed by atoms with van der Waals surface area (Å²) in [6.07, 6.45) is -5.47. The van der Waals surface area contributed by atoms with E-state index in [1.807, 2.05) is 0 Å². The summed E-state index contributed by atoms with van der Waals surface area (Å²) in [5.41, 5.74) is -4.33. The number of hydrogen-bond donors (Lipinski definition) is 3. The molecule has 1 aromatic rings. The van der Waals surface area contributed by atoms with E-state index in [0.717, 1.165) is 17.4 Å². The Morgan fingerprint density at radius 3 is 2.00 bits per heavy atom. The molecule has 136 valence electrons. The molecule has 6 nitrogen and oxygen atoms in total. The molecular formula is C12H14F5N3O3S. The molecule has 24 heavy (non-hydrogen) atoms. The van der Waals surface area contributed by atoms with Gasteiger partial charge in [-0.3, -0.25) is 0 Å². The number of halogens is 5. The lowest BCUT2D eigenvalue weighted by Crippen LogP contribution is -2.66. The first-order chi connectivity index (χ1) is 10.6. The molecule has 0 radical (unpaired) electrons. The Balaban J connectivity index is 3.14. The van der Waals surface area contributed by atoms with Crippen LogP contribution >= 0.6 is 0 Å². The van der Waals surface area contributed by atoms with Gasteiger partial charge in [0, 0.05) is 6.92 Å². The first-order valence-corrected chi connectivity index (χ1v) is 7.80. The minimum atomic E-state index is -5.47. The van der Waals surface area contributed by atoms with Gasteiger partial charge in [0.15, 0.2) is 5.54 Å². The van der Waals surface area contributed by atoms with Gasteiger partial charge in [0.1, 0.15) is 4.90 Å². The Labute approximate surface area is 134 Å². The summed E-state index contributed by atoms with van der Waals surface area (Å²) < 4.78 is 88.2. The van der Waals surface area contributed by atoms with Gasteiger partial charge in [-0.25, -0.2) is 27.1 Å². The van der Waals surface area contributed by atoms with Crippen molar-refractivity contribution in [1.82, 2.24) is 5.32 Å². The predicted molar refractivity (Wildman–Crippen MR) is 75.1 cm³/mol. The third-order valence-corrected chi connectivity index (χ3v) is 4.22. The van der Waals surface area contributed by atoms with E-state index in [1.165, 1.54) is 12.1 Å². The molecule has 1 rings (SSSR count). The molecule has 0 aliphatic carbocycles. The number of anilines is 1. The number of para-hydroxylation sites is 1. The molecule has 2 amide bonds. The zero-order chi connectivity index (χ0) is 19.0. The highest BCUT2D eigenvalue weighted by atomic mass is 32.2. The highest BCUT2D eigenvalue weighted by molar-refractivity contribution is 7.89. The highest BCUT2D eigenvalue weighted by Gasteiger charge is 2.65. The first-order valence-electron chi connectivity index (χ1n) is 6.25. The molecular weight excluding hydrogens is 361 g/mol. The number of primary sulfonamides is 1. The average Bonchev–Trinajstić information content (AvgIpc) is 2.35. The van der Waals surface area contributed by atoms with E-state index < -0.39 is 44.3 Å². The molecule has 0 spiro atoms. The quantitative estimate of drug-likeness (QED) is 0.705. The molecule has 0 fully saturated rings. The van der Waals surface area contributed by atoms with Crippen LogP contribution in [0.25, 0.3) is 0 Å². The molecule has 0 heterocycles. The Hall–Kier alpha value is -1.95. The number of hydrogen-bond acceptors (Lipinski definition) is 3. The standard InChI is InChI=1S/C12H14F5N3O3S/c1-10(11(2,13)14,12(15,16)17)20-9(21)19-7-5-3-4-6-8(7)24(18,22)23/h3-6H,1-2H3,(H2,18,22,23)(H2,19,20,21). The lowest BCUT2D eigenvalue weighted by molar-refractivity contribution is -0.249. The van der Waals surface area contributed by atoms with E-state index in [1.54, 1.807) is 5.32 Å². The third-order valence-electron chi connectivity index (χ3n) is 3.25. The molecule has 4 N–H and O–H groups in total. The smallest absolute Gasteiger partial charge is 0.319 e. The van der Waals surface area contributed by atoms with Crippen LogP contribution in [0.4, 0.5) is 32.4 Å². The molecule has 0 saturated carbocycles. The number of sulfonamides is 1. The van der Waals surface area contributed by atoms with Crippen LogP contribution in [0.3, 0.4) is 0 Å². The maximum atomic E-state index is 13.4. The van der Waals surface area contributed by atoms with Gasteiger partial charge in [-0.2, -0.15) is 13.2 Å². The van der Waals surface area contributed by atoms with E-state index in [4.69, 9.17) is 5.14 Å². The molecule has 1 unspecified atom stereocenters. The second kappa shape index (κ2) is 6.16. The molecule has 1 atom stereocenters. The average molecular weight is 375 g/mol. The number of rotatable bonds is 4. The fourth-order valence-corrected chi connectivity index (χ4v) is 2.32. The Bertz CT molecular complexity index is 714. The van der Waals surface area contributed by atoms with Crippen molar-refractivity contribution in [1.29, 1.82) is 0 Å². The molecule has 0 aromatic heterocycles. The van der Waals surface area contributed by atoms with Crippen LogP contribution in [0.2, 0.25) is 0 Å². The molecule has 0 aliphatic heterocycles. The zero-order valence-electron chi connectivity index (χ0n) is 12.4. The van der Waals surface area contributed by atoms with Gasteiger partial charge < -0.3 is 10.6 Å². The van der Waals surface area contributed by atoms with Gasteiger partial charge in [0.25, 0.3) is 5.92 Å². The monoisotopic (exact) mass is 375 g/mol. The number of nitrogens with one attached hydrogen (secondary N) is 2. The summed E-state index contributed by atoms with van der Waals surface area (Å²) >= 11 is 0. The fraction of sp³-hybridized carbons (Fsp3) is 0.417. The van der Waals surface area contributed by atoms with E-state index in [-0.39, 0.29) is 13.8 Å².